The van der Waals surface area contributed by atoms with Gasteiger partial charge < -0.3 is 9.69 Å². The van der Waals surface area contributed by atoms with Gasteiger partial charge >= 0.3 is 0 Å². The van der Waals surface area contributed by atoms with Crippen molar-refractivity contribution in [2.45, 2.75) is 13.3 Å². The first-order chi connectivity index (χ1) is 14.6. The molecule has 0 spiro atoms. The second-order valence-electron chi connectivity index (χ2n) is 7.78. The lowest BCUT2D eigenvalue weighted by Crippen LogP contribution is -2.48. The van der Waals surface area contributed by atoms with Crippen molar-refractivity contribution in [1.29, 1.82) is 0 Å². The predicted octanol–water partition coefficient (Wildman–Crippen LogP) is 4.95. The molecule has 2 aromatic carbocycles. The summed E-state index contributed by atoms with van der Waals surface area (Å²) in [7, 11) is 0. The van der Waals surface area contributed by atoms with E-state index in [4.69, 9.17) is 33.2 Å². The molecular weight excluding hydrogens is 419 g/mol. The highest BCUT2D eigenvalue weighted by atomic mass is 35.5. The van der Waals surface area contributed by atoms with Gasteiger partial charge in [0.1, 0.15) is 12.1 Å². The molecule has 0 aliphatic carbocycles. The molecule has 7 heteroatoms. The van der Waals surface area contributed by atoms with Gasteiger partial charge in [0, 0.05) is 44.7 Å². The van der Waals surface area contributed by atoms with Crippen molar-refractivity contribution in [2.24, 2.45) is 5.92 Å². The summed E-state index contributed by atoms with van der Waals surface area (Å²) in [4.78, 5) is 25.1. The fourth-order valence-electron chi connectivity index (χ4n) is 3.94. The van der Waals surface area contributed by atoms with E-state index in [2.05, 4.69) is 16.7 Å². The van der Waals surface area contributed by atoms with Crippen LogP contribution in [0.4, 0.5) is 5.82 Å². The van der Waals surface area contributed by atoms with E-state index in [9.17, 15) is 4.79 Å². The maximum absolute atomic E-state index is 10.8. The van der Waals surface area contributed by atoms with Crippen molar-refractivity contribution in [1.82, 2.24) is 14.9 Å². The Bertz CT molecular complexity index is 1050. The molecule has 3 aromatic rings. The van der Waals surface area contributed by atoms with Crippen LogP contribution in [-0.2, 0) is 4.79 Å². The molecule has 30 heavy (non-hydrogen) atoms. The SMILES string of the molecule is CC(CC=O)CN1CCN(c2nc(-c3ccccc3Cl)nc3cccc(Cl)c23)CC1. The highest BCUT2D eigenvalue weighted by Crippen LogP contribution is 2.34. The highest BCUT2D eigenvalue weighted by molar-refractivity contribution is 6.36. The number of carbonyl (C=O) groups excluding carboxylic acids is 1. The number of benzene rings is 2. The highest BCUT2D eigenvalue weighted by Gasteiger charge is 2.23. The monoisotopic (exact) mass is 442 g/mol. The molecule has 1 fully saturated rings. The van der Waals surface area contributed by atoms with E-state index >= 15 is 0 Å². The molecule has 1 aromatic heterocycles. The van der Waals surface area contributed by atoms with Gasteiger partial charge in [-0.05, 0) is 30.2 Å². The molecule has 1 aliphatic heterocycles. The van der Waals surface area contributed by atoms with Gasteiger partial charge in [-0.2, -0.15) is 0 Å². The van der Waals surface area contributed by atoms with E-state index < -0.39 is 0 Å². The summed E-state index contributed by atoms with van der Waals surface area (Å²) in [5.41, 5.74) is 1.62. The quantitative estimate of drug-likeness (QED) is 0.505. The maximum Gasteiger partial charge on any atom is 0.163 e. The van der Waals surface area contributed by atoms with Gasteiger partial charge in [-0.25, -0.2) is 9.97 Å². The lowest BCUT2D eigenvalue weighted by Gasteiger charge is -2.37. The summed E-state index contributed by atoms with van der Waals surface area (Å²) in [6.07, 6.45) is 1.61. The predicted molar refractivity (Wildman–Crippen MR) is 123 cm³/mol. The second kappa shape index (κ2) is 9.29. The molecule has 4 rings (SSSR count). The van der Waals surface area contributed by atoms with E-state index in [1.807, 2.05) is 42.5 Å². The smallest absolute Gasteiger partial charge is 0.163 e. The minimum atomic E-state index is 0.371. The number of aldehydes is 1. The first-order valence-corrected chi connectivity index (χ1v) is 10.9. The van der Waals surface area contributed by atoms with Crippen LogP contribution in [0, 0.1) is 5.92 Å². The Hall–Kier alpha value is -2.21. The van der Waals surface area contributed by atoms with Crippen molar-refractivity contribution in [2.75, 3.05) is 37.6 Å². The van der Waals surface area contributed by atoms with Crippen LogP contribution in [0.2, 0.25) is 10.0 Å². The molecule has 156 valence electrons. The third-order valence-electron chi connectivity index (χ3n) is 5.51. The summed E-state index contributed by atoms with van der Waals surface area (Å²) in [5.74, 6) is 1.82. The molecule has 0 N–H and O–H groups in total. The van der Waals surface area contributed by atoms with E-state index in [1.165, 1.54) is 0 Å². The Morgan fingerprint density at radius 3 is 2.47 bits per heavy atom. The average molecular weight is 443 g/mol. The van der Waals surface area contributed by atoms with Crippen LogP contribution in [0.1, 0.15) is 13.3 Å². The van der Waals surface area contributed by atoms with Gasteiger partial charge in [-0.15, -0.1) is 0 Å². The third kappa shape index (κ3) is 4.43. The number of halogens is 2. The van der Waals surface area contributed by atoms with Crippen LogP contribution < -0.4 is 4.90 Å². The molecule has 0 saturated carbocycles. The van der Waals surface area contributed by atoms with E-state index in [-0.39, 0.29) is 0 Å². The number of hydrogen-bond acceptors (Lipinski definition) is 5. The number of fused-ring (bicyclic) bond motifs is 1. The van der Waals surface area contributed by atoms with Crippen molar-refractivity contribution in [3.8, 4) is 11.4 Å². The zero-order valence-corrected chi connectivity index (χ0v) is 18.4. The van der Waals surface area contributed by atoms with E-state index in [0.717, 1.165) is 61.3 Å². The van der Waals surface area contributed by atoms with Crippen LogP contribution >= 0.6 is 23.2 Å². The Morgan fingerprint density at radius 1 is 1.00 bits per heavy atom. The van der Waals surface area contributed by atoms with Crippen molar-refractivity contribution < 1.29 is 4.79 Å². The first-order valence-electron chi connectivity index (χ1n) is 10.2. The average Bonchev–Trinajstić information content (AvgIpc) is 2.74. The van der Waals surface area contributed by atoms with Crippen LogP contribution in [0.15, 0.2) is 42.5 Å². The Morgan fingerprint density at radius 2 is 1.73 bits per heavy atom. The lowest BCUT2D eigenvalue weighted by atomic mass is 10.1. The third-order valence-corrected chi connectivity index (χ3v) is 6.15. The van der Waals surface area contributed by atoms with Crippen LogP contribution in [0.25, 0.3) is 22.3 Å². The van der Waals surface area contributed by atoms with E-state index in [0.29, 0.717) is 28.2 Å². The zero-order valence-electron chi connectivity index (χ0n) is 16.9. The van der Waals surface area contributed by atoms with Crippen molar-refractivity contribution >= 4 is 46.2 Å². The molecule has 1 unspecified atom stereocenters. The number of hydrogen-bond donors (Lipinski definition) is 0. The van der Waals surface area contributed by atoms with Crippen LogP contribution in [-0.4, -0.2) is 53.9 Å². The fraction of sp³-hybridized carbons (Fsp3) is 0.348. The normalized spacial score (nSPS) is 16.0. The minimum Gasteiger partial charge on any atom is -0.353 e. The summed E-state index contributed by atoms with van der Waals surface area (Å²) < 4.78 is 0. The number of anilines is 1. The maximum atomic E-state index is 10.8. The standard InChI is InChI=1S/C23H24Cl2N4O/c1-16(9-14-30)15-28-10-12-29(13-11-28)23-21-19(25)7-4-8-20(21)26-22(27-23)17-5-2-3-6-18(17)24/h2-8,14,16H,9-13,15H2,1H3. The Labute approximate surface area is 186 Å². The molecule has 1 saturated heterocycles. The first kappa shape index (κ1) is 21.0. The number of nitrogens with zero attached hydrogens (tertiary/aromatic N) is 4. The summed E-state index contributed by atoms with van der Waals surface area (Å²) in [6.45, 7) is 6.57. The Kier molecular flexibility index (Phi) is 6.52. The topological polar surface area (TPSA) is 49.3 Å². The number of rotatable bonds is 6. The molecule has 5 nitrogen and oxygen atoms in total. The minimum absolute atomic E-state index is 0.371. The van der Waals surface area contributed by atoms with Crippen LogP contribution in [0.5, 0.6) is 0 Å². The van der Waals surface area contributed by atoms with Gasteiger partial charge in [0.2, 0.25) is 0 Å². The lowest BCUT2D eigenvalue weighted by molar-refractivity contribution is -0.108. The van der Waals surface area contributed by atoms with Gasteiger partial charge in [-0.1, -0.05) is 48.3 Å². The Balaban J connectivity index is 1.67. The van der Waals surface area contributed by atoms with Gasteiger partial charge in [0.05, 0.1) is 20.9 Å². The van der Waals surface area contributed by atoms with E-state index in [1.54, 1.807) is 0 Å². The number of aromatic nitrogens is 2. The molecular formula is C23H24Cl2N4O. The molecule has 1 atom stereocenters. The molecule has 0 amide bonds. The summed E-state index contributed by atoms with van der Waals surface area (Å²) in [5, 5.41) is 2.15. The zero-order chi connectivity index (χ0) is 21.1. The van der Waals surface area contributed by atoms with Gasteiger partial charge in [0.15, 0.2) is 5.82 Å². The fourth-order valence-corrected chi connectivity index (χ4v) is 4.41. The second-order valence-corrected chi connectivity index (χ2v) is 8.59. The molecule has 0 bridgehead atoms. The number of carbonyl (C=O) groups is 1. The van der Waals surface area contributed by atoms with Gasteiger partial charge in [-0.3, -0.25) is 4.90 Å². The molecule has 0 radical (unpaired) electrons. The summed E-state index contributed by atoms with van der Waals surface area (Å²) >= 11 is 13.0. The van der Waals surface area contributed by atoms with Crippen molar-refractivity contribution in [3.63, 3.8) is 0 Å². The van der Waals surface area contributed by atoms with Gasteiger partial charge in [0.25, 0.3) is 0 Å². The molecule has 2 heterocycles. The van der Waals surface area contributed by atoms with Crippen molar-refractivity contribution in [3.05, 3.63) is 52.5 Å². The molecule has 1 aliphatic rings. The van der Waals surface area contributed by atoms with Crippen LogP contribution in [0.3, 0.4) is 0 Å². The number of piperazine rings is 1. The summed E-state index contributed by atoms with van der Waals surface area (Å²) in [6, 6.07) is 13.4. The largest absolute Gasteiger partial charge is 0.353 e.